The smallest absolute Gasteiger partial charge is 0.309 e. The largest absolute Gasteiger partial charge is 0.481 e. The molecule has 1 rings (SSSR count). The molecule has 1 aromatic rings. The average Bonchev–Trinajstić information content (AvgIpc) is 2.14. The van der Waals surface area contributed by atoms with Gasteiger partial charge in [-0.25, -0.2) is 8.78 Å². The van der Waals surface area contributed by atoms with Crippen molar-refractivity contribution in [3.8, 4) is 0 Å². The fraction of sp³-hybridized carbons (Fsp3) is 0.300. The molecule has 1 N–H and O–H groups in total. The molecule has 0 bridgehead atoms. The van der Waals surface area contributed by atoms with Crippen LogP contribution in [0.1, 0.15) is 17.5 Å². The Hall–Kier alpha value is -2.05. The lowest BCUT2D eigenvalue weighted by molar-refractivity contribution is -0.387. The summed E-state index contributed by atoms with van der Waals surface area (Å²) >= 11 is 0. The number of carboxylic acid groups (broad SMARTS) is 1. The van der Waals surface area contributed by atoms with Gasteiger partial charge in [-0.05, 0) is 13.0 Å². The molecule has 0 atom stereocenters. The molecule has 0 aliphatic rings. The zero-order valence-corrected chi connectivity index (χ0v) is 8.81. The second-order valence-electron chi connectivity index (χ2n) is 3.55. The molecule has 0 saturated carbocycles. The van der Waals surface area contributed by atoms with Crippen LogP contribution in [-0.2, 0) is 10.7 Å². The SMILES string of the molecule is Cc1ccc([N+](=O)[O-])c(C(F)(F)CC(=O)O)c1. The molecule has 0 amide bonds. The van der Waals surface area contributed by atoms with Crippen LogP contribution in [0.4, 0.5) is 14.5 Å². The fourth-order valence-electron chi connectivity index (χ4n) is 1.39. The summed E-state index contributed by atoms with van der Waals surface area (Å²) in [5.41, 5.74) is -1.25. The number of rotatable bonds is 4. The molecule has 0 unspecified atom stereocenters. The number of nitro benzene ring substituents is 1. The number of nitro groups is 1. The normalized spacial score (nSPS) is 11.2. The number of alkyl halides is 2. The molecule has 0 aliphatic heterocycles. The number of carboxylic acids is 1. The van der Waals surface area contributed by atoms with Crippen molar-refractivity contribution in [1.29, 1.82) is 0 Å². The van der Waals surface area contributed by atoms with E-state index in [1.165, 1.54) is 13.0 Å². The number of benzene rings is 1. The molecule has 0 saturated heterocycles. The van der Waals surface area contributed by atoms with Crippen molar-refractivity contribution in [3.05, 3.63) is 39.4 Å². The molecule has 7 heteroatoms. The minimum Gasteiger partial charge on any atom is -0.481 e. The van der Waals surface area contributed by atoms with E-state index in [4.69, 9.17) is 5.11 Å². The fourth-order valence-corrected chi connectivity index (χ4v) is 1.39. The molecule has 0 heterocycles. The minimum atomic E-state index is -3.76. The van der Waals surface area contributed by atoms with Gasteiger partial charge in [0.05, 0.1) is 10.5 Å². The van der Waals surface area contributed by atoms with E-state index in [1.54, 1.807) is 0 Å². The monoisotopic (exact) mass is 245 g/mol. The minimum absolute atomic E-state index is 0.399. The maximum Gasteiger partial charge on any atom is 0.309 e. The van der Waals surface area contributed by atoms with Gasteiger partial charge in [0.2, 0.25) is 0 Å². The van der Waals surface area contributed by atoms with Crippen molar-refractivity contribution in [1.82, 2.24) is 0 Å². The lowest BCUT2D eigenvalue weighted by Gasteiger charge is -2.14. The first kappa shape index (κ1) is 13.0. The van der Waals surface area contributed by atoms with Crippen LogP contribution in [0.3, 0.4) is 0 Å². The van der Waals surface area contributed by atoms with Crippen LogP contribution in [-0.4, -0.2) is 16.0 Å². The van der Waals surface area contributed by atoms with Crippen molar-refractivity contribution in [2.24, 2.45) is 0 Å². The predicted molar refractivity (Wildman–Crippen MR) is 54.0 cm³/mol. The first-order valence-corrected chi connectivity index (χ1v) is 4.59. The van der Waals surface area contributed by atoms with Gasteiger partial charge < -0.3 is 5.11 Å². The van der Waals surface area contributed by atoms with Crippen LogP contribution in [0, 0.1) is 17.0 Å². The number of hydrogen-bond acceptors (Lipinski definition) is 3. The van der Waals surface area contributed by atoms with Gasteiger partial charge in [0, 0.05) is 6.07 Å². The summed E-state index contributed by atoms with van der Waals surface area (Å²) in [7, 11) is 0. The molecule has 0 aromatic heterocycles. The van der Waals surface area contributed by atoms with Crippen molar-refractivity contribution in [2.45, 2.75) is 19.3 Å². The molecule has 92 valence electrons. The Morgan fingerprint density at radius 2 is 2.12 bits per heavy atom. The Balaban J connectivity index is 3.32. The Morgan fingerprint density at radius 1 is 1.53 bits per heavy atom. The summed E-state index contributed by atoms with van der Waals surface area (Å²) in [5, 5.41) is 18.9. The van der Waals surface area contributed by atoms with Gasteiger partial charge in [-0.1, -0.05) is 11.6 Å². The maximum atomic E-state index is 13.5. The summed E-state index contributed by atoms with van der Waals surface area (Å²) in [6.45, 7) is 1.49. The van der Waals surface area contributed by atoms with E-state index >= 15 is 0 Å². The van der Waals surface area contributed by atoms with Crippen molar-refractivity contribution in [3.63, 3.8) is 0 Å². The Bertz CT molecular complexity index is 473. The van der Waals surface area contributed by atoms with Crippen LogP contribution >= 0.6 is 0 Å². The third-order valence-corrected chi connectivity index (χ3v) is 2.12. The van der Waals surface area contributed by atoms with Gasteiger partial charge >= 0.3 is 5.97 Å². The predicted octanol–water partition coefficient (Wildman–Crippen LogP) is 2.47. The Morgan fingerprint density at radius 3 is 2.59 bits per heavy atom. The maximum absolute atomic E-state index is 13.5. The lowest BCUT2D eigenvalue weighted by atomic mass is 10.0. The summed E-state index contributed by atoms with van der Waals surface area (Å²) in [4.78, 5) is 19.9. The van der Waals surface area contributed by atoms with Crippen molar-refractivity contribution in [2.75, 3.05) is 0 Å². The lowest BCUT2D eigenvalue weighted by Crippen LogP contribution is -2.20. The van der Waals surface area contributed by atoms with E-state index < -0.39 is 34.5 Å². The number of aliphatic carboxylic acids is 1. The van der Waals surface area contributed by atoms with Crippen LogP contribution in [0.5, 0.6) is 0 Å². The van der Waals surface area contributed by atoms with Gasteiger partial charge in [-0.3, -0.25) is 14.9 Å². The molecular weight excluding hydrogens is 236 g/mol. The van der Waals surface area contributed by atoms with Gasteiger partial charge in [-0.2, -0.15) is 0 Å². The first-order chi connectivity index (χ1) is 7.74. The van der Waals surface area contributed by atoms with E-state index in [1.807, 2.05) is 0 Å². The second-order valence-corrected chi connectivity index (χ2v) is 3.55. The Kier molecular flexibility index (Phi) is 3.40. The van der Waals surface area contributed by atoms with Gasteiger partial charge in [-0.15, -0.1) is 0 Å². The molecule has 0 fully saturated rings. The highest BCUT2D eigenvalue weighted by Gasteiger charge is 2.40. The number of carbonyl (C=O) groups is 1. The van der Waals surface area contributed by atoms with Crippen LogP contribution in [0.25, 0.3) is 0 Å². The van der Waals surface area contributed by atoms with Gasteiger partial charge in [0.25, 0.3) is 11.6 Å². The molecule has 0 radical (unpaired) electrons. The first-order valence-electron chi connectivity index (χ1n) is 4.59. The average molecular weight is 245 g/mol. The molecule has 1 aromatic carbocycles. The number of hydrogen-bond donors (Lipinski definition) is 1. The highest BCUT2D eigenvalue weighted by molar-refractivity contribution is 5.68. The van der Waals surface area contributed by atoms with Crippen LogP contribution < -0.4 is 0 Å². The quantitative estimate of drug-likeness (QED) is 0.652. The summed E-state index contributed by atoms with van der Waals surface area (Å²) < 4.78 is 27.0. The van der Waals surface area contributed by atoms with Crippen molar-refractivity contribution < 1.29 is 23.6 Å². The van der Waals surface area contributed by atoms with Gasteiger partial charge in [0.15, 0.2) is 0 Å². The number of nitrogens with zero attached hydrogens (tertiary/aromatic N) is 1. The van der Waals surface area contributed by atoms with E-state index in [0.717, 1.165) is 12.1 Å². The van der Waals surface area contributed by atoms with E-state index in [2.05, 4.69) is 0 Å². The Labute approximate surface area is 94.8 Å². The molecule has 5 nitrogen and oxygen atoms in total. The van der Waals surface area contributed by atoms with E-state index in [-0.39, 0.29) is 0 Å². The zero-order chi connectivity index (χ0) is 13.2. The standard InChI is InChI=1S/C10H9F2NO4/c1-6-2-3-8(13(16)17)7(4-6)10(11,12)5-9(14)15/h2-4H,5H2,1H3,(H,14,15). The van der Waals surface area contributed by atoms with Crippen molar-refractivity contribution >= 4 is 11.7 Å². The van der Waals surface area contributed by atoms with Crippen LogP contribution in [0.15, 0.2) is 18.2 Å². The van der Waals surface area contributed by atoms with E-state index in [9.17, 15) is 23.7 Å². The number of aryl methyl sites for hydroxylation is 1. The topological polar surface area (TPSA) is 80.4 Å². The summed E-state index contributed by atoms with van der Waals surface area (Å²) in [6.07, 6.45) is -1.47. The highest BCUT2D eigenvalue weighted by Crippen LogP contribution is 2.37. The van der Waals surface area contributed by atoms with Crippen LogP contribution in [0.2, 0.25) is 0 Å². The summed E-state index contributed by atoms with van der Waals surface area (Å²) in [5.74, 6) is -5.48. The number of halogens is 2. The highest BCUT2D eigenvalue weighted by atomic mass is 19.3. The molecule has 0 spiro atoms. The third-order valence-electron chi connectivity index (χ3n) is 2.12. The summed E-state index contributed by atoms with van der Waals surface area (Å²) in [6, 6.07) is 3.19. The third kappa shape index (κ3) is 2.96. The molecule has 0 aliphatic carbocycles. The zero-order valence-electron chi connectivity index (χ0n) is 8.81. The second kappa shape index (κ2) is 4.44. The molecule has 17 heavy (non-hydrogen) atoms. The van der Waals surface area contributed by atoms with Gasteiger partial charge in [0.1, 0.15) is 6.42 Å². The van der Waals surface area contributed by atoms with E-state index in [0.29, 0.717) is 5.56 Å². The molecular formula is C10H9F2NO4.